The van der Waals surface area contributed by atoms with Crippen LogP contribution in [0.3, 0.4) is 0 Å². The lowest BCUT2D eigenvalue weighted by Crippen LogP contribution is -2.55. The highest BCUT2D eigenvalue weighted by Crippen LogP contribution is 2.40. The molecule has 218 valence electrons. The molecule has 1 saturated heterocycles. The van der Waals surface area contributed by atoms with E-state index in [9.17, 15) is 20.4 Å². The molecular weight excluding hydrogens is 530 g/mol. The van der Waals surface area contributed by atoms with Gasteiger partial charge in [0.05, 0.1) is 19.8 Å². The predicted molar refractivity (Wildman–Crippen MR) is 160 cm³/mol. The molecule has 7 heteroatoms. The molecule has 42 heavy (non-hydrogen) atoms. The summed E-state index contributed by atoms with van der Waals surface area (Å²) >= 11 is 0. The third-order valence-electron chi connectivity index (χ3n) is 8.60. The van der Waals surface area contributed by atoms with E-state index in [4.69, 9.17) is 9.47 Å². The van der Waals surface area contributed by atoms with E-state index in [-0.39, 0.29) is 6.04 Å². The average molecular weight is 568 g/mol. The minimum atomic E-state index is -1.43. The molecule has 0 aromatic heterocycles. The maximum Gasteiger partial charge on any atom is 0.118 e. The number of aliphatic hydroxyl groups is 4. The molecule has 0 unspecified atom stereocenters. The van der Waals surface area contributed by atoms with E-state index in [1.165, 1.54) is 11.1 Å². The average Bonchev–Trinajstić information content (AvgIpc) is 3.04. The first-order valence-corrected chi connectivity index (χ1v) is 14.4. The molecule has 4 N–H and O–H groups in total. The summed E-state index contributed by atoms with van der Waals surface area (Å²) in [5.41, 5.74) is 7.65. The quantitative estimate of drug-likeness (QED) is 0.268. The summed E-state index contributed by atoms with van der Waals surface area (Å²) < 4.78 is 11.3. The van der Waals surface area contributed by atoms with Crippen LogP contribution in [0.15, 0.2) is 97.1 Å². The Labute approximate surface area is 246 Å². The largest absolute Gasteiger partial charge is 0.497 e. The first kappa shape index (κ1) is 28.6. The van der Waals surface area contributed by atoms with Crippen molar-refractivity contribution in [2.45, 2.75) is 49.5 Å². The van der Waals surface area contributed by atoms with Gasteiger partial charge in [-0.25, -0.2) is 0 Å². The number of nitrogens with zero attached hydrogens (tertiary/aromatic N) is 1. The van der Waals surface area contributed by atoms with Gasteiger partial charge in [-0.1, -0.05) is 84.9 Å². The Morgan fingerprint density at radius 2 is 1.48 bits per heavy atom. The summed E-state index contributed by atoms with van der Waals surface area (Å²) in [6, 6.07) is 33.1. The van der Waals surface area contributed by atoms with Gasteiger partial charge in [0.15, 0.2) is 0 Å². The van der Waals surface area contributed by atoms with Gasteiger partial charge in [0, 0.05) is 13.1 Å². The molecule has 6 rings (SSSR count). The van der Waals surface area contributed by atoms with Crippen LogP contribution in [0, 0.1) is 0 Å². The van der Waals surface area contributed by atoms with Crippen LogP contribution in [0.4, 0.5) is 0 Å². The fourth-order valence-electron chi connectivity index (χ4n) is 6.25. The van der Waals surface area contributed by atoms with E-state index in [1.54, 1.807) is 7.11 Å². The van der Waals surface area contributed by atoms with Gasteiger partial charge in [0.25, 0.3) is 0 Å². The van der Waals surface area contributed by atoms with Crippen molar-refractivity contribution in [2.75, 3.05) is 20.3 Å². The third kappa shape index (κ3) is 5.60. The Hall–Kier alpha value is -3.56. The zero-order chi connectivity index (χ0) is 29.2. The molecule has 2 aliphatic rings. The van der Waals surface area contributed by atoms with Gasteiger partial charge in [-0.2, -0.15) is 0 Å². The summed E-state index contributed by atoms with van der Waals surface area (Å²) in [6.45, 7) is 1.14. The molecule has 4 aromatic carbocycles. The number of hydrogen-bond donors (Lipinski definition) is 4. The van der Waals surface area contributed by atoms with Crippen LogP contribution in [0.25, 0.3) is 11.1 Å². The molecule has 4 aromatic rings. The fourth-order valence-corrected chi connectivity index (χ4v) is 6.25. The lowest BCUT2D eigenvalue weighted by atomic mass is 9.84. The van der Waals surface area contributed by atoms with Crippen LogP contribution in [0.5, 0.6) is 5.75 Å². The number of hydrogen-bond acceptors (Lipinski definition) is 7. The molecule has 0 saturated carbocycles. The van der Waals surface area contributed by atoms with Crippen molar-refractivity contribution in [1.82, 2.24) is 4.90 Å². The van der Waals surface area contributed by atoms with Crippen molar-refractivity contribution in [2.24, 2.45) is 0 Å². The van der Waals surface area contributed by atoms with E-state index >= 15 is 0 Å². The van der Waals surface area contributed by atoms with Gasteiger partial charge >= 0.3 is 0 Å². The summed E-state index contributed by atoms with van der Waals surface area (Å²) in [5.74, 6) is 0.819. The van der Waals surface area contributed by atoms with Gasteiger partial charge in [0.2, 0.25) is 0 Å². The lowest BCUT2D eigenvalue weighted by molar-refractivity contribution is -0.231. The summed E-state index contributed by atoms with van der Waals surface area (Å²) in [5, 5.41) is 41.3. The van der Waals surface area contributed by atoms with Crippen LogP contribution in [0.1, 0.15) is 40.0 Å². The van der Waals surface area contributed by atoms with Gasteiger partial charge < -0.3 is 29.9 Å². The van der Waals surface area contributed by atoms with Crippen molar-refractivity contribution < 1.29 is 29.9 Å². The normalized spacial score (nSPS) is 26.0. The fraction of sp³-hybridized carbons (Fsp3) is 0.314. The highest BCUT2D eigenvalue weighted by Gasteiger charge is 2.44. The molecule has 0 aliphatic carbocycles. The highest BCUT2D eigenvalue weighted by atomic mass is 16.5. The Bertz CT molecular complexity index is 1470. The number of aliphatic hydroxyl groups excluding tert-OH is 4. The lowest BCUT2D eigenvalue weighted by Gasteiger charge is -2.41. The Kier molecular flexibility index (Phi) is 8.40. The molecular formula is C35H37NO6. The minimum absolute atomic E-state index is 0.0643. The SMILES string of the molecule is COc1ccc(CN2CCc3ccc([C@@H]4O[C@H](CO)[C@@H](O)[C@H](O)[C@H]4O)cc3[C@@H]2c2ccc(-c3ccccc3)cc2)cc1. The topological polar surface area (TPSA) is 103 Å². The monoisotopic (exact) mass is 567 g/mol. The third-order valence-corrected chi connectivity index (χ3v) is 8.60. The van der Waals surface area contributed by atoms with Crippen molar-refractivity contribution >= 4 is 0 Å². The van der Waals surface area contributed by atoms with Crippen LogP contribution in [-0.4, -0.2) is 70.0 Å². The first-order valence-electron chi connectivity index (χ1n) is 14.4. The van der Waals surface area contributed by atoms with Crippen molar-refractivity contribution in [3.63, 3.8) is 0 Å². The molecule has 0 amide bonds. The molecule has 7 nitrogen and oxygen atoms in total. The van der Waals surface area contributed by atoms with Crippen LogP contribution >= 0.6 is 0 Å². The van der Waals surface area contributed by atoms with Gasteiger partial charge in [-0.3, -0.25) is 4.90 Å². The Balaban J connectivity index is 1.38. The Morgan fingerprint density at radius 1 is 0.786 bits per heavy atom. The van der Waals surface area contributed by atoms with E-state index < -0.39 is 37.1 Å². The molecule has 6 atom stereocenters. The van der Waals surface area contributed by atoms with E-state index in [0.717, 1.165) is 47.5 Å². The second-order valence-corrected chi connectivity index (χ2v) is 11.2. The second kappa shape index (κ2) is 12.4. The van der Waals surface area contributed by atoms with Crippen LogP contribution in [0.2, 0.25) is 0 Å². The van der Waals surface area contributed by atoms with Crippen molar-refractivity contribution in [1.29, 1.82) is 0 Å². The van der Waals surface area contributed by atoms with Crippen LogP contribution < -0.4 is 4.74 Å². The molecule has 1 fully saturated rings. The molecule has 2 heterocycles. The Morgan fingerprint density at radius 3 is 2.17 bits per heavy atom. The molecule has 0 radical (unpaired) electrons. The predicted octanol–water partition coefficient (Wildman–Crippen LogP) is 4.02. The highest BCUT2D eigenvalue weighted by molar-refractivity contribution is 5.64. The summed E-state index contributed by atoms with van der Waals surface area (Å²) in [6.07, 6.45) is -5.14. The summed E-state index contributed by atoms with van der Waals surface area (Å²) in [4.78, 5) is 2.46. The molecule has 0 spiro atoms. The van der Waals surface area contributed by atoms with Gasteiger partial charge in [-0.15, -0.1) is 0 Å². The van der Waals surface area contributed by atoms with E-state index in [1.807, 2.05) is 36.4 Å². The van der Waals surface area contributed by atoms with Gasteiger partial charge in [0.1, 0.15) is 36.3 Å². The van der Waals surface area contributed by atoms with Crippen LogP contribution in [-0.2, 0) is 17.7 Å². The maximum absolute atomic E-state index is 10.9. The minimum Gasteiger partial charge on any atom is -0.497 e. The summed E-state index contributed by atoms with van der Waals surface area (Å²) in [7, 11) is 1.67. The van der Waals surface area contributed by atoms with E-state index in [0.29, 0.717) is 5.56 Å². The van der Waals surface area contributed by atoms with Crippen molar-refractivity contribution in [3.05, 3.63) is 125 Å². The number of ether oxygens (including phenoxy) is 2. The smallest absolute Gasteiger partial charge is 0.118 e. The number of methoxy groups -OCH3 is 1. The van der Waals surface area contributed by atoms with Gasteiger partial charge in [-0.05, 0) is 57.5 Å². The molecule has 2 aliphatic heterocycles. The molecule has 0 bridgehead atoms. The first-order chi connectivity index (χ1) is 20.5. The zero-order valence-electron chi connectivity index (χ0n) is 23.6. The second-order valence-electron chi connectivity index (χ2n) is 11.2. The standard InChI is InChI=1S/C35H37NO6/c1-41-28-15-7-22(8-16-28)20-36-18-17-25-11-14-27(35-34(40)33(39)32(38)30(21-37)42-35)19-29(25)31(36)26-12-9-24(10-13-26)23-5-3-2-4-6-23/h2-16,19,30-35,37-40H,17-18,20-21H2,1H3/t30-,31+,32-,33+,34-,35+/m1/s1. The maximum atomic E-state index is 10.9. The number of benzene rings is 4. The van der Waals surface area contributed by atoms with E-state index in [2.05, 4.69) is 65.6 Å². The van der Waals surface area contributed by atoms with Crippen molar-refractivity contribution in [3.8, 4) is 16.9 Å². The number of fused-ring (bicyclic) bond motifs is 1. The number of rotatable bonds is 7. The zero-order valence-corrected chi connectivity index (χ0v) is 23.6.